The smallest absolute Gasteiger partial charge is 0.328 e. The molecule has 1 amide bonds. The van der Waals surface area contributed by atoms with Crippen LogP contribution in [0.15, 0.2) is 24.3 Å². The number of carbonyl (C=O) groups excluding carboxylic acids is 1. The first-order valence-electron chi connectivity index (χ1n) is 7.37. The maximum absolute atomic E-state index is 12.1. The van der Waals surface area contributed by atoms with E-state index in [0.717, 1.165) is 12.0 Å². The average molecular weight is 289 g/mol. The summed E-state index contributed by atoms with van der Waals surface area (Å²) in [5.74, 6) is -0.576. The van der Waals surface area contributed by atoms with Gasteiger partial charge >= 0.3 is 5.97 Å². The highest BCUT2D eigenvalue weighted by atomic mass is 16.4. The average Bonchev–Trinajstić information content (AvgIpc) is 3.18. The predicted molar refractivity (Wildman–Crippen MR) is 81.2 cm³/mol. The highest BCUT2D eigenvalue weighted by Crippen LogP contribution is 2.47. The maximum Gasteiger partial charge on any atom is 0.328 e. The van der Waals surface area contributed by atoms with Gasteiger partial charge in [-0.05, 0) is 43.2 Å². The van der Waals surface area contributed by atoms with Crippen LogP contribution in [-0.4, -0.2) is 22.5 Å². The van der Waals surface area contributed by atoms with Crippen molar-refractivity contribution in [3.05, 3.63) is 35.4 Å². The van der Waals surface area contributed by atoms with Crippen molar-refractivity contribution in [1.82, 2.24) is 5.32 Å². The number of carboxylic acid groups (broad SMARTS) is 1. The normalized spacial score (nSPS) is 21.2. The van der Waals surface area contributed by atoms with Crippen molar-refractivity contribution in [1.29, 1.82) is 0 Å². The molecule has 1 aliphatic rings. The van der Waals surface area contributed by atoms with Gasteiger partial charge in [0.25, 0.3) is 0 Å². The van der Waals surface area contributed by atoms with Crippen LogP contribution < -0.4 is 5.32 Å². The van der Waals surface area contributed by atoms with Gasteiger partial charge < -0.3 is 10.4 Å². The second-order valence-electron chi connectivity index (χ2n) is 6.69. The first-order chi connectivity index (χ1) is 9.72. The van der Waals surface area contributed by atoms with E-state index in [1.165, 1.54) is 19.4 Å². The topological polar surface area (TPSA) is 66.4 Å². The van der Waals surface area contributed by atoms with Gasteiger partial charge in [-0.15, -0.1) is 0 Å². The van der Waals surface area contributed by atoms with Gasteiger partial charge in [-0.3, -0.25) is 4.79 Å². The van der Waals surface area contributed by atoms with Gasteiger partial charge in [-0.25, -0.2) is 4.79 Å². The van der Waals surface area contributed by atoms with Crippen LogP contribution in [-0.2, 0) is 9.59 Å². The zero-order valence-electron chi connectivity index (χ0n) is 13.0. The second kappa shape index (κ2) is 5.51. The molecule has 0 aromatic heterocycles. The van der Waals surface area contributed by atoms with Gasteiger partial charge in [0.2, 0.25) is 5.91 Å². The molecule has 2 unspecified atom stereocenters. The second-order valence-corrected chi connectivity index (χ2v) is 6.69. The van der Waals surface area contributed by atoms with Crippen LogP contribution >= 0.6 is 0 Å². The third-order valence-corrected chi connectivity index (χ3v) is 4.13. The summed E-state index contributed by atoms with van der Waals surface area (Å²) in [4.78, 5) is 23.1. The Hall–Kier alpha value is -1.84. The molecule has 4 heteroatoms. The first kappa shape index (κ1) is 15.5. The minimum atomic E-state index is -1.22. The summed E-state index contributed by atoms with van der Waals surface area (Å²) < 4.78 is 0. The Morgan fingerprint density at radius 2 is 1.81 bits per heavy atom. The standard InChI is InChI=1S/C17H23NO3/c1-10(2)11-5-7-12(8-6-11)13-9-14(13)15(19)18-17(3,4)16(20)21/h5-8,10,13-14H,9H2,1-4H3,(H,18,19)(H,20,21). The molecule has 21 heavy (non-hydrogen) atoms. The molecule has 0 spiro atoms. The number of aliphatic carboxylic acids is 1. The fourth-order valence-electron chi connectivity index (χ4n) is 2.44. The van der Waals surface area contributed by atoms with Crippen molar-refractivity contribution < 1.29 is 14.7 Å². The van der Waals surface area contributed by atoms with E-state index in [0.29, 0.717) is 5.92 Å². The molecule has 4 nitrogen and oxygen atoms in total. The number of nitrogens with one attached hydrogen (secondary N) is 1. The minimum Gasteiger partial charge on any atom is -0.480 e. The van der Waals surface area contributed by atoms with Crippen LogP contribution in [0.25, 0.3) is 0 Å². The molecule has 1 aliphatic carbocycles. The van der Waals surface area contributed by atoms with Crippen molar-refractivity contribution in [2.45, 2.75) is 51.5 Å². The molecule has 1 saturated carbocycles. The summed E-state index contributed by atoms with van der Waals surface area (Å²) in [7, 11) is 0. The van der Waals surface area contributed by atoms with E-state index < -0.39 is 11.5 Å². The van der Waals surface area contributed by atoms with E-state index in [-0.39, 0.29) is 17.7 Å². The lowest BCUT2D eigenvalue weighted by atomic mass is 9.99. The van der Waals surface area contributed by atoms with E-state index in [2.05, 4.69) is 43.4 Å². The molecule has 0 aliphatic heterocycles. The van der Waals surface area contributed by atoms with E-state index in [1.54, 1.807) is 0 Å². The molecule has 2 atom stereocenters. The lowest BCUT2D eigenvalue weighted by molar-refractivity contribution is -0.146. The Balaban J connectivity index is 1.98. The van der Waals surface area contributed by atoms with Crippen molar-refractivity contribution >= 4 is 11.9 Å². The van der Waals surface area contributed by atoms with Gasteiger partial charge in [0.15, 0.2) is 0 Å². The molecule has 2 N–H and O–H groups in total. The molecule has 0 heterocycles. The molecule has 0 saturated heterocycles. The molecule has 0 bridgehead atoms. The number of hydrogen-bond donors (Lipinski definition) is 2. The van der Waals surface area contributed by atoms with Crippen LogP contribution in [0.1, 0.15) is 57.1 Å². The Kier molecular flexibility index (Phi) is 4.08. The number of hydrogen-bond acceptors (Lipinski definition) is 2. The van der Waals surface area contributed by atoms with E-state index in [1.807, 2.05) is 0 Å². The minimum absolute atomic E-state index is 0.103. The number of carbonyl (C=O) groups is 2. The van der Waals surface area contributed by atoms with E-state index >= 15 is 0 Å². The van der Waals surface area contributed by atoms with Crippen molar-refractivity contribution in [3.63, 3.8) is 0 Å². The van der Waals surface area contributed by atoms with Gasteiger partial charge in [0.05, 0.1) is 0 Å². The van der Waals surface area contributed by atoms with Crippen molar-refractivity contribution in [2.24, 2.45) is 5.92 Å². The fraction of sp³-hybridized carbons (Fsp3) is 0.529. The van der Waals surface area contributed by atoms with Crippen LogP contribution in [0.5, 0.6) is 0 Å². The molecular formula is C17H23NO3. The summed E-state index contributed by atoms with van der Waals surface area (Å²) >= 11 is 0. The quantitative estimate of drug-likeness (QED) is 0.876. The Morgan fingerprint density at radius 1 is 1.24 bits per heavy atom. The highest BCUT2D eigenvalue weighted by Gasteiger charge is 2.46. The van der Waals surface area contributed by atoms with Gasteiger partial charge in [-0.2, -0.15) is 0 Å². The fourth-order valence-corrected chi connectivity index (χ4v) is 2.44. The molecule has 1 aromatic carbocycles. The molecule has 2 rings (SSSR count). The zero-order chi connectivity index (χ0) is 15.8. The number of rotatable bonds is 5. The van der Waals surface area contributed by atoms with Gasteiger partial charge in [0.1, 0.15) is 5.54 Å². The summed E-state index contributed by atoms with van der Waals surface area (Å²) in [6, 6.07) is 8.37. The van der Waals surface area contributed by atoms with Crippen LogP contribution in [0, 0.1) is 5.92 Å². The van der Waals surface area contributed by atoms with Crippen molar-refractivity contribution in [3.8, 4) is 0 Å². The third kappa shape index (κ3) is 3.43. The Morgan fingerprint density at radius 3 is 2.29 bits per heavy atom. The Bertz CT molecular complexity index is 546. The predicted octanol–water partition coefficient (Wildman–Crippen LogP) is 2.89. The van der Waals surface area contributed by atoms with E-state index in [9.17, 15) is 9.59 Å². The van der Waals surface area contributed by atoms with Crippen LogP contribution in [0.4, 0.5) is 0 Å². The zero-order valence-corrected chi connectivity index (χ0v) is 13.0. The number of amides is 1. The summed E-state index contributed by atoms with van der Waals surface area (Å²) in [6.07, 6.45) is 0.794. The third-order valence-electron chi connectivity index (χ3n) is 4.13. The first-order valence-corrected chi connectivity index (χ1v) is 7.37. The lowest BCUT2D eigenvalue weighted by Crippen LogP contribution is -2.50. The van der Waals surface area contributed by atoms with Crippen molar-refractivity contribution in [2.75, 3.05) is 0 Å². The molecule has 1 aromatic rings. The van der Waals surface area contributed by atoms with Crippen LogP contribution in [0.3, 0.4) is 0 Å². The molecular weight excluding hydrogens is 266 g/mol. The number of carboxylic acids is 1. The molecule has 114 valence electrons. The highest BCUT2D eigenvalue weighted by molar-refractivity contribution is 5.89. The lowest BCUT2D eigenvalue weighted by Gasteiger charge is -2.21. The molecule has 1 fully saturated rings. The monoisotopic (exact) mass is 289 g/mol. The van der Waals surface area contributed by atoms with Gasteiger partial charge in [0, 0.05) is 5.92 Å². The van der Waals surface area contributed by atoms with Crippen LogP contribution in [0.2, 0.25) is 0 Å². The van der Waals surface area contributed by atoms with Gasteiger partial charge in [-0.1, -0.05) is 38.1 Å². The Labute approximate surface area is 125 Å². The summed E-state index contributed by atoms with van der Waals surface area (Å²) in [5.41, 5.74) is 1.23. The maximum atomic E-state index is 12.1. The van der Waals surface area contributed by atoms with E-state index in [4.69, 9.17) is 5.11 Å². The largest absolute Gasteiger partial charge is 0.480 e. The summed E-state index contributed by atoms with van der Waals surface area (Å²) in [5, 5.41) is 11.7. The number of benzene rings is 1. The SMILES string of the molecule is CC(C)c1ccc(C2CC2C(=O)NC(C)(C)C(=O)O)cc1. The summed E-state index contributed by atoms with van der Waals surface area (Å²) in [6.45, 7) is 7.30. The molecule has 0 radical (unpaired) electrons.